The molecule has 4 nitrogen and oxygen atoms in total. The molecule has 4 heteroatoms. The molecule has 1 aromatic heterocycles. The number of hydrogen-bond donors (Lipinski definition) is 2. The van der Waals surface area contributed by atoms with Gasteiger partial charge in [0.05, 0.1) is 23.3 Å². The van der Waals surface area contributed by atoms with E-state index in [0.717, 1.165) is 23.5 Å². The molecule has 1 aromatic carbocycles. The lowest BCUT2D eigenvalue weighted by atomic mass is 10.2. The summed E-state index contributed by atoms with van der Waals surface area (Å²) in [6.07, 6.45) is 4.56. The van der Waals surface area contributed by atoms with Crippen molar-refractivity contribution in [2.45, 2.75) is 20.3 Å². The van der Waals surface area contributed by atoms with Crippen LogP contribution in [0.3, 0.4) is 0 Å². The Morgan fingerprint density at radius 3 is 2.63 bits per heavy atom. The molecule has 0 atom stereocenters. The highest BCUT2D eigenvalue weighted by Crippen LogP contribution is 2.25. The van der Waals surface area contributed by atoms with Crippen LogP contribution in [0, 0.1) is 0 Å². The number of amides is 1. The van der Waals surface area contributed by atoms with Gasteiger partial charge < -0.3 is 10.6 Å². The molecule has 0 aliphatic carbocycles. The summed E-state index contributed by atoms with van der Waals surface area (Å²) in [5.41, 5.74) is 3.70. The van der Waals surface area contributed by atoms with Crippen molar-refractivity contribution in [2.75, 3.05) is 10.6 Å². The molecular weight excluding hydrogens is 238 g/mol. The Bertz CT molecular complexity index is 581. The van der Waals surface area contributed by atoms with Gasteiger partial charge in [0.25, 0.3) is 0 Å². The Morgan fingerprint density at radius 2 is 1.95 bits per heavy atom. The Balaban J connectivity index is 2.24. The molecule has 98 valence electrons. The smallest absolute Gasteiger partial charge is 0.221 e. The van der Waals surface area contributed by atoms with Gasteiger partial charge in [-0.15, -0.1) is 0 Å². The van der Waals surface area contributed by atoms with Gasteiger partial charge in [-0.1, -0.05) is 19.1 Å². The highest BCUT2D eigenvalue weighted by Gasteiger charge is 2.04. The van der Waals surface area contributed by atoms with Crippen molar-refractivity contribution in [3.8, 4) is 0 Å². The molecule has 0 bridgehead atoms. The number of para-hydroxylation sites is 2. The van der Waals surface area contributed by atoms with E-state index in [1.54, 1.807) is 6.20 Å². The van der Waals surface area contributed by atoms with E-state index in [4.69, 9.17) is 0 Å². The van der Waals surface area contributed by atoms with Gasteiger partial charge in [-0.2, -0.15) is 0 Å². The fourth-order valence-electron chi connectivity index (χ4n) is 1.80. The minimum Gasteiger partial charge on any atom is -0.353 e. The van der Waals surface area contributed by atoms with E-state index in [9.17, 15) is 4.79 Å². The molecule has 2 rings (SSSR count). The number of aromatic nitrogens is 1. The van der Waals surface area contributed by atoms with Crippen molar-refractivity contribution in [3.63, 3.8) is 0 Å². The average molecular weight is 255 g/mol. The average Bonchev–Trinajstić information content (AvgIpc) is 2.41. The van der Waals surface area contributed by atoms with Gasteiger partial charge in [-0.3, -0.25) is 9.78 Å². The first-order chi connectivity index (χ1) is 9.19. The molecule has 0 fully saturated rings. The quantitative estimate of drug-likeness (QED) is 0.881. The van der Waals surface area contributed by atoms with Gasteiger partial charge >= 0.3 is 0 Å². The van der Waals surface area contributed by atoms with Gasteiger partial charge in [-0.25, -0.2) is 0 Å². The van der Waals surface area contributed by atoms with E-state index in [1.165, 1.54) is 12.5 Å². The third-order valence-corrected chi connectivity index (χ3v) is 2.72. The lowest BCUT2D eigenvalue weighted by Gasteiger charge is -2.12. The molecular formula is C15H17N3O. The summed E-state index contributed by atoms with van der Waals surface area (Å²) in [7, 11) is 0. The third-order valence-electron chi connectivity index (χ3n) is 2.72. The van der Waals surface area contributed by atoms with E-state index >= 15 is 0 Å². The second-order valence-corrected chi connectivity index (χ2v) is 4.29. The third kappa shape index (κ3) is 3.55. The van der Waals surface area contributed by atoms with Crippen molar-refractivity contribution >= 4 is 23.0 Å². The first-order valence-electron chi connectivity index (χ1n) is 6.26. The number of nitrogens with zero attached hydrogens (tertiary/aromatic N) is 1. The zero-order valence-electron chi connectivity index (χ0n) is 11.1. The molecule has 0 spiro atoms. The maximum atomic E-state index is 11.2. The van der Waals surface area contributed by atoms with Gasteiger partial charge in [0.2, 0.25) is 5.91 Å². The number of nitrogens with one attached hydrogen (secondary N) is 2. The Kier molecular flexibility index (Phi) is 4.13. The molecule has 2 aromatic rings. The highest BCUT2D eigenvalue weighted by atomic mass is 16.1. The predicted octanol–water partition coefficient (Wildman–Crippen LogP) is 3.35. The van der Waals surface area contributed by atoms with Crippen molar-refractivity contribution in [1.82, 2.24) is 4.98 Å². The number of aryl methyl sites for hydroxylation is 1. The molecule has 0 radical (unpaired) electrons. The van der Waals surface area contributed by atoms with Crippen LogP contribution in [0.25, 0.3) is 0 Å². The lowest BCUT2D eigenvalue weighted by molar-refractivity contribution is -0.114. The molecule has 19 heavy (non-hydrogen) atoms. The fraction of sp³-hybridized carbons (Fsp3) is 0.200. The maximum absolute atomic E-state index is 11.2. The molecule has 2 N–H and O–H groups in total. The van der Waals surface area contributed by atoms with E-state index in [-0.39, 0.29) is 5.91 Å². The summed E-state index contributed by atoms with van der Waals surface area (Å²) in [6.45, 7) is 3.59. The molecule has 0 unspecified atom stereocenters. The lowest BCUT2D eigenvalue weighted by Crippen LogP contribution is -2.07. The zero-order chi connectivity index (χ0) is 13.7. The SMILES string of the molecule is CCc1cncc(Nc2ccccc2NC(C)=O)c1. The maximum Gasteiger partial charge on any atom is 0.221 e. The molecule has 0 aliphatic heterocycles. The first kappa shape index (κ1) is 13.1. The van der Waals surface area contributed by atoms with Crippen LogP contribution >= 0.6 is 0 Å². The van der Waals surface area contributed by atoms with Crippen LogP contribution in [-0.4, -0.2) is 10.9 Å². The van der Waals surface area contributed by atoms with Crippen LogP contribution in [0.2, 0.25) is 0 Å². The second kappa shape index (κ2) is 6.00. The second-order valence-electron chi connectivity index (χ2n) is 4.29. The van der Waals surface area contributed by atoms with Crippen molar-refractivity contribution in [2.24, 2.45) is 0 Å². The van der Waals surface area contributed by atoms with Crippen molar-refractivity contribution in [1.29, 1.82) is 0 Å². The summed E-state index contributed by atoms with van der Waals surface area (Å²) in [5.74, 6) is -0.0883. The molecule has 0 saturated carbocycles. The number of pyridine rings is 1. The van der Waals surface area contributed by atoms with Crippen LogP contribution < -0.4 is 10.6 Å². The largest absolute Gasteiger partial charge is 0.353 e. The predicted molar refractivity (Wildman–Crippen MR) is 77.6 cm³/mol. The standard InChI is InChI=1S/C15H17N3O/c1-3-12-8-13(10-16-9-12)18-15-7-5-4-6-14(15)17-11(2)19/h4-10,18H,3H2,1-2H3,(H,17,19). The Morgan fingerprint density at radius 1 is 1.21 bits per heavy atom. The fourth-order valence-corrected chi connectivity index (χ4v) is 1.80. The number of benzene rings is 1. The normalized spacial score (nSPS) is 10.0. The minimum atomic E-state index is -0.0883. The van der Waals surface area contributed by atoms with Gasteiger partial charge in [0, 0.05) is 13.1 Å². The molecule has 0 aliphatic rings. The van der Waals surface area contributed by atoms with Gasteiger partial charge in [-0.05, 0) is 30.2 Å². The van der Waals surface area contributed by atoms with Crippen molar-refractivity contribution < 1.29 is 4.79 Å². The summed E-state index contributed by atoms with van der Waals surface area (Å²) in [6, 6.07) is 9.64. The van der Waals surface area contributed by atoms with Crippen LogP contribution in [0.1, 0.15) is 19.4 Å². The van der Waals surface area contributed by atoms with Gasteiger partial charge in [0.15, 0.2) is 0 Å². The monoisotopic (exact) mass is 255 g/mol. The number of carbonyl (C=O) groups excluding carboxylic acids is 1. The van der Waals surface area contributed by atoms with Crippen LogP contribution in [0.15, 0.2) is 42.7 Å². The number of hydrogen-bond acceptors (Lipinski definition) is 3. The summed E-state index contributed by atoms with van der Waals surface area (Å²) in [4.78, 5) is 15.4. The molecule has 1 heterocycles. The summed E-state index contributed by atoms with van der Waals surface area (Å²) >= 11 is 0. The Labute approximate surface area is 112 Å². The summed E-state index contributed by atoms with van der Waals surface area (Å²) in [5, 5.41) is 6.08. The van der Waals surface area contributed by atoms with E-state index in [1.807, 2.05) is 30.5 Å². The zero-order valence-corrected chi connectivity index (χ0v) is 11.1. The first-order valence-corrected chi connectivity index (χ1v) is 6.26. The van der Waals surface area contributed by atoms with Gasteiger partial charge in [0.1, 0.15) is 0 Å². The van der Waals surface area contributed by atoms with Crippen LogP contribution in [0.5, 0.6) is 0 Å². The minimum absolute atomic E-state index is 0.0883. The van der Waals surface area contributed by atoms with Crippen molar-refractivity contribution in [3.05, 3.63) is 48.3 Å². The van der Waals surface area contributed by atoms with Crippen LogP contribution in [0.4, 0.5) is 17.1 Å². The topological polar surface area (TPSA) is 54.0 Å². The van der Waals surface area contributed by atoms with E-state index in [2.05, 4.69) is 28.6 Å². The molecule has 1 amide bonds. The summed E-state index contributed by atoms with van der Waals surface area (Å²) < 4.78 is 0. The Hall–Kier alpha value is -2.36. The molecule has 0 saturated heterocycles. The van der Waals surface area contributed by atoms with E-state index < -0.39 is 0 Å². The number of carbonyl (C=O) groups is 1. The van der Waals surface area contributed by atoms with Crippen LogP contribution in [-0.2, 0) is 11.2 Å². The highest BCUT2D eigenvalue weighted by molar-refractivity contribution is 5.93. The number of rotatable bonds is 4. The number of anilines is 3. The van der Waals surface area contributed by atoms with E-state index in [0.29, 0.717) is 0 Å².